The number of aromatic amines is 1. The summed E-state index contributed by atoms with van der Waals surface area (Å²) in [6, 6.07) is 6.09. The number of rotatable bonds is 8. The van der Waals surface area contributed by atoms with Crippen molar-refractivity contribution in [2.75, 3.05) is 37.3 Å². The minimum absolute atomic E-state index is 0.00361. The molecule has 2 aromatic rings. The maximum absolute atomic E-state index is 12.4. The van der Waals surface area contributed by atoms with Crippen molar-refractivity contribution in [2.24, 2.45) is 0 Å². The SMILES string of the molecule is CNc1cc(-c2c[nH]c(=O)c(N[C@H]3CCN(C(=O)C=CCNC(C)C)C3)c2)ccn1. The second kappa shape index (κ2) is 10.1. The summed E-state index contributed by atoms with van der Waals surface area (Å²) in [6.07, 6.45) is 7.69. The molecule has 0 saturated carbocycles. The van der Waals surface area contributed by atoms with Crippen molar-refractivity contribution in [3.05, 3.63) is 53.1 Å². The van der Waals surface area contributed by atoms with E-state index in [9.17, 15) is 9.59 Å². The molecule has 8 heteroatoms. The monoisotopic (exact) mass is 410 g/mol. The first-order chi connectivity index (χ1) is 14.5. The first-order valence-corrected chi connectivity index (χ1v) is 10.3. The van der Waals surface area contributed by atoms with Gasteiger partial charge < -0.3 is 25.8 Å². The smallest absolute Gasteiger partial charge is 0.271 e. The van der Waals surface area contributed by atoms with E-state index < -0.39 is 0 Å². The van der Waals surface area contributed by atoms with Crippen LogP contribution in [-0.2, 0) is 4.79 Å². The Kier molecular flexibility index (Phi) is 7.24. The lowest BCUT2D eigenvalue weighted by molar-refractivity contribution is -0.125. The highest BCUT2D eigenvalue weighted by atomic mass is 16.2. The fourth-order valence-electron chi connectivity index (χ4n) is 3.37. The number of hydrogen-bond donors (Lipinski definition) is 4. The third-order valence-corrected chi connectivity index (χ3v) is 5.02. The van der Waals surface area contributed by atoms with Gasteiger partial charge in [-0.05, 0) is 30.2 Å². The van der Waals surface area contributed by atoms with Gasteiger partial charge in [-0.25, -0.2) is 4.98 Å². The second-order valence-corrected chi connectivity index (χ2v) is 7.69. The fourth-order valence-corrected chi connectivity index (χ4v) is 3.37. The molecule has 1 aliphatic rings. The number of likely N-dealkylation sites (tertiary alicyclic amines) is 1. The van der Waals surface area contributed by atoms with Gasteiger partial charge in [0, 0.05) is 62.8 Å². The summed E-state index contributed by atoms with van der Waals surface area (Å²) in [7, 11) is 1.81. The molecule has 0 unspecified atom stereocenters. The van der Waals surface area contributed by atoms with Gasteiger partial charge in [-0.2, -0.15) is 0 Å². The minimum Gasteiger partial charge on any atom is -0.376 e. The van der Waals surface area contributed by atoms with Crippen LogP contribution in [0.15, 0.2) is 47.5 Å². The molecule has 0 aromatic carbocycles. The van der Waals surface area contributed by atoms with Crippen molar-refractivity contribution >= 4 is 17.4 Å². The molecule has 1 atom stereocenters. The summed E-state index contributed by atoms with van der Waals surface area (Å²) in [5, 5.41) is 9.57. The van der Waals surface area contributed by atoms with Gasteiger partial charge in [-0.3, -0.25) is 9.59 Å². The van der Waals surface area contributed by atoms with Crippen molar-refractivity contribution in [3.63, 3.8) is 0 Å². The van der Waals surface area contributed by atoms with Crippen LogP contribution in [-0.4, -0.2) is 59.5 Å². The number of nitrogens with zero attached hydrogens (tertiary/aromatic N) is 2. The number of anilines is 2. The van der Waals surface area contributed by atoms with E-state index in [-0.39, 0.29) is 17.5 Å². The number of carbonyl (C=O) groups excluding carboxylic acids is 1. The van der Waals surface area contributed by atoms with E-state index in [1.807, 2.05) is 36.2 Å². The van der Waals surface area contributed by atoms with Crippen molar-refractivity contribution in [3.8, 4) is 11.1 Å². The molecule has 1 amide bonds. The standard InChI is InChI=1S/C22H30N6O2/c1-15(2)24-8-4-5-21(29)28-10-7-18(14-28)27-19-11-17(13-26-22(19)30)16-6-9-25-20(12-16)23-3/h4-6,9,11-13,15,18,24,27H,7-8,10,14H2,1-3H3,(H,23,25)(H,26,30)/t18-/m0/s1. The maximum Gasteiger partial charge on any atom is 0.271 e. The van der Waals surface area contributed by atoms with Crippen LogP contribution in [0.1, 0.15) is 20.3 Å². The molecular formula is C22H30N6O2. The zero-order chi connectivity index (χ0) is 21.5. The van der Waals surface area contributed by atoms with Crippen LogP contribution >= 0.6 is 0 Å². The quantitative estimate of drug-likeness (QED) is 0.497. The average molecular weight is 411 g/mol. The van der Waals surface area contributed by atoms with Crippen LogP contribution in [0.2, 0.25) is 0 Å². The van der Waals surface area contributed by atoms with Crippen LogP contribution in [0.25, 0.3) is 11.1 Å². The van der Waals surface area contributed by atoms with Crippen LogP contribution in [0, 0.1) is 0 Å². The lowest BCUT2D eigenvalue weighted by Gasteiger charge is -2.16. The summed E-state index contributed by atoms with van der Waals surface area (Å²) >= 11 is 0. The van der Waals surface area contributed by atoms with Crippen LogP contribution in [0.5, 0.6) is 0 Å². The van der Waals surface area contributed by atoms with Gasteiger partial charge in [-0.15, -0.1) is 0 Å². The lowest BCUT2D eigenvalue weighted by atomic mass is 10.1. The van der Waals surface area contributed by atoms with E-state index in [2.05, 4.69) is 39.8 Å². The number of hydrogen-bond acceptors (Lipinski definition) is 6. The van der Waals surface area contributed by atoms with Crippen LogP contribution < -0.4 is 21.5 Å². The number of carbonyl (C=O) groups is 1. The first kappa shape index (κ1) is 21.6. The Morgan fingerprint density at radius 1 is 1.37 bits per heavy atom. The Morgan fingerprint density at radius 3 is 2.97 bits per heavy atom. The van der Waals surface area contributed by atoms with E-state index in [4.69, 9.17) is 0 Å². The topological polar surface area (TPSA) is 102 Å². The highest BCUT2D eigenvalue weighted by Crippen LogP contribution is 2.22. The number of amides is 1. The van der Waals surface area contributed by atoms with E-state index >= 15 is 0 Å². The Labute approximate surface area is 176 Å². The van der Waals surface area contributed by atoms with E-state index in [0.717, 1.165) is 23.4 Å². The summed E-state index contributed by atoms with van der Waals surface area (Å²) < 4.78 is 0. The molecule has 4 N–H and O–H groups in total. The number of H-pyrrole nitrogens is 1. The molecule has 1 fully saturated rings. The third-order valence-electron chi connectivity index (χ3n) is 5.02. The fraction of sp³-hybridized carbons (Fsp3) is 0.409. The van der Waals surface area contributed by atoms with Gasteiger partial charge in [-0.1, -0.05) is 19.9 Å². The van der Waals surface area contributed by atoms with Crippen molar-refractivity contribution in [2.45, 2.75) is 32.4 Å². The molecule has 0 radical (unpaired) electrons. The largest absolute Gasteiger partial charge is 0.376 e. The predicted molar refractivity (Wildman–Crippen MR) is 121 cm³/mol. The molecule has 8 nitrogen and oxygen atoms in total. The zero-order valence-electron chi connectivity index (χ0n) is 17.7. The average Bonchev–Trinajstić information content (AvgIpc) is 3.21. The van der Waals surface area contributed by atoms with Gasteiger partial charge in [0.05, 0.1) is 0 Å². The molecule has 1 aliphatic heterocycles. The van der Waals surface area contributed by atoms with Crippen LogP contribution in [0.4, 0.5) is 11.5 Å². The summed E-state index contributed by atoms with van der Waals surface area (Å²) in [5.41, 5.74) is 2.18. The van der Waals surface area contributed by atoms with E-state index in [0.29, 0.717) is 31.4 Å². The molecule has 2 aromatic heterocycles. The normalized spacial score (nSPS) is 16.4. The van der Waals surface area contributed by atoms with Crippen molar-refractivity contribution < 1.29 is 4.79 Å². The first-order valence-electron chi connectivity index (χ1n) is 10.3. The van der Waals surface area contributed by atoms with Crippen LogP contribution in [0.3, 0.4) is 0 Å². The maximum atomic E-state index is 12.4. The summed E-state index contributed by atoms with van der Waals surface area (Å²) in [5.74, 6) is 0.763. The lowest BCUT2D eigenvalue weighted by Crippen LogP contribution is -2.31. The summed E-state index contributed by atoms with van der Waals surface area (Å²) in [4.78, 5) is 33.5. The number of pyridine rings is 2. The predicted octanol–water partition coefficient (Wildman–Crippen LogP) is 2.05. The Hall–Kier alpha value is -3.13. The molecule has 0 bridgehead atoms. The molecule has 0 aliphatic carbocycles. The molecule has 3 rings (SSSR count). The molecular weight excluding hydrogens is 380 g/mol. The molecule has 30 heavy (non-hydrogen) atoms. The Bertz CT molecular complexity index is 953. The molecule has 160 valence electrons. The van der Waals surface area contributed by atoms with Crippen molar-refractivity contribution in [1.29, 1.82) is 0 Å². The van der Waals surface area contributed by atoms with Gasteiger partial charge >= 0.3 is 0 Å². The highest BCUT2D eigenvalue weighted by molar-refractivity contribution is 5.87. The minimum atomic E-state index is -0.175. The summed E-state index contributed by atoms with van der Waals surface area (Å²) in [6.45, 7) is 6.05. The second-order valence-electron chi connectivity index (χ2n) is 7.69. The molecule has 3 heterocycles. The van der Waals surface area contributed by atoms with Gasteiger partial charge in [0.15, 0.2) is 0 Å². The third kappa shape index (κ3) is 5.70. The Balaban J connectivity index is 1.63. The Morgan fingerprint density at radius 2 is 2.20 bits per heavy atom. The molecule has 1 saturated heterocycles. The number of aromatic nitrogens is 2. The van der Waals surface area contributed by atoms with Gasteiger partial charge in [0.25, 0.3) is 5.56 Å². The highest BCUT2D eigenvalue weighted by Gasteiger charge is 2.25. The van der Waals surface area contributed by atoms with Gasteiger partial charge in [0.1, 0.15) is 11.5 Å². The van der Waals surface area contributed by atoms with Crippen molar-refractivity contribution in [1.82, 2.24) is 20.2 Å². The van der Waals surface area contributed by atoms with E-state index in [1.165, 1.54) is 0 Å². The number of nitrogens with one attached hydrogen (secondary N) is 4. The van der Waals surface area contributed by atoms with E-state index in [1.54, 1.807) is 18.5 Å². The zero-order valence-corrected chi connectivity index (χ0v) is 17.7. The van der Waals surface area contributed by atoms with Gasteiger partial charge in [0.2, 0.25) is 5.91 Å². The molecule has 0 spiro atoms.